The van der Waals surface area contributed by atoms with Crippen molar-refractivity contribution in [1.29, 1.82) is 5.41 Å². The number of rotatable bonds is 5. The quantitative estimate of drug-likeness (QED) is 0.549. The molecule has 0 heterocycles. The Kier molecular flexibility index (Phi) is 5.71. The molecule has 0 atom stereocenters. The average molecular weight is 228 g/mol. The minimum Gasteiger partial charge on any atom is -0.466 e. The van der Waals surface area contributed by atoms with E-state index in [9.17, 15) is 9.59 Å². The van der Waals surface area contributed by atoms with E-state index in [0.717, 1.165) is 0 Å². The molecule has 0 aromatic carbocycles. The fourth-order valence-corrected chi connectivity index (χ4v) is 1.11. The van der Waals surface area contributed by atoms with Crippen molar-refractivity contribution >= 4 is 17.6 Å². The Hall–Kier alpha value is -1.39. The minimum atomic E-state index is -0.462. The van der Waals surface area contributed by atoms with Crippen LogP contribution in [0.5, 0.6) is 0 Å². The van der Waals surface area contributed by atoms with E-state index in [0.29, 0.717) is 6.61 Å². The van der Waals surface area contributed by atoms with E-state index in [1.807, 2.05) is 20.8 Å². The van der Waals surface area contributed by atoms with Gasteiger partial charge in [0.2, 0.25) is 5.91 Å². The average Bonchev–Trinajstić information content (AvgIpc) is 1.98. The van der Waals surface area contributed by atoms with Crippen LogP contribution in [0.15, 0.2) is 0 Å². The number of carbonyl (C=O) groups is 2. The van der Waals surface area contributed by atoms with Crippen LogP contribution in [0.3, 0.4) is 0 Å². The van der Waals surface area contributed by atoms with Gasteiger partial charge in [-0.3, -0.25) is 9.59 Å². The van der Waals surface area contributed by atoms with Crippen LogP contribution < -0.4 is 5.32 Å². The minimum absolute atomic E-state index is 0.0594. The normalized spacial score (nSPS) is 10.8. The third-order valence-electron chi connectivity index (χ3n) is 1.55. The second kappa shape index (κ2) is 6.25. The van der Waals surface area contributed by atoms with Crippen molar-refractivity contribution in [3.05, 3.63) is 0 Å². The summed E-state index contributed by atoms with van der Waals surface area (Å²) >= 11 is 0. The Bertz CT molecular complexity index is 279. The first-order valence-corrected chi connectivity index (χ1v) is 5.27. The van der Waals surface area contributed by atoms with E-state index in [2.05, 4.69) is 10.1 Å². The predicted octanol–water partition coefficient (Wildman–Crippen LogP) is 1.26. The zero-order valence-electron chi connectivity index (χ0n) is 10.3. The van der Waals surface area contributed by atoms with Crippen molar-refractivity contribution in [1.82, 2.24) is 5.32 Å². The largest absolute Gasteiger partial charge is 0.466 e. The van der Waals surface area contributed by atoms with Gasteiger partial charge in [-0.1, -0.05) is 0 Å². The van der Waals surface area contributed by atoms with Gasteiger partial charge < -0.3 is 15.5 Å². The lowest BCUT2D eigenvalue weighted by Gasteiger charge is -2.20. The Morgan fingerprint density at radius 3 is 2.25 bits per heavy atom. The third-order valence-corrected chi connectivity index (χ3v) is 1.55. The van der Waals surface area contributed by atoms with Crippen LogP contribution in [-0.4, -0.2) is 29.7 Å². The van der Waals surface area contributed by atoms with Crippen molar-refractivity contribution in [2.24, 2.45) is 0 Å². The van der Waals surface area contributed by atoms with Crippen LogP contribution in [0.1, 0.15) is 40.5 Å². The van der Waals surface area contributed by atoms with E-state index in [4.69, 9.17) is 5.41 Å². The molecule has 0 rings (SSSR count). The van der Waals surface area contributed by atoms with Crippen molar-refractivity contribution in [2.75, 3.05) is 6.61 Å². The lowest BCUT2D eigenvalue weighted by atomic mass is 10.1. The van der Waals surface area contributed by atoms with E-state index in [-0.39, 0.29) is 30.0 Å². The number of ether oxygens (including phenoxy) is 1. The Labute approximate surface area is 96.1 Å². The van der Waals surface area contributed by atoms with Gasteiger partial charge in [0, 0.05) is 11.3 Å². The third kappa shape index (κ3) is 7.96. The summed E-state index contributed by atoms with van der Waals surface area (Å²) in [5.74, 6) is -0.710. The van der Waals surface area contributed by atoms with Gasteiger partial charge in [-0.15, -0.1) is 0 Å². The summed E-state index contributed by atoms with van der Waals surface area (Å²) in [5, 5.41) is 10.2. The number of esters is 1. The molecule has 0 spiro atoms. The van der Waals surface area contributed by atoms with Gasteiger partial charge in [0.25, 0.3) is 0 Å². The molecule has 0 bridgehead atoms. The van der Waals surface area contributed by atoms with Gasteiger partial charge in [0.05, 0.1) is 19.4 Å². The summed E-state index contributed by atoms with van der Waals surface area (Å²) in [5.41, 5.74) is -0.249. The molecule has 0 radical (unpaired) electrons. The summed E-state index contributed by atoms with van der Waals surface area (Å²) in [6.07, 6.45) is -0.179. The molecule has 0 saturated heterocycles. The van der Waals surface area contributed by atoms with Gasteiger partial charge in [-0.05, 0) is 27.7 Å². The number of amides is 1. The van der Waals surface area contributed by atoms with Crippen LogP contribution in [-0.2, 0) is 14.3 Å². The highest BCUT2D eigenvalue weighted by Crippen LogP contribution is 2.01. The van der Waals surface area contributed by atoms with Crippen LogP contribution in [0.4, 0.5) is 0 Å². The molecule has 16 heavy (non-hydrogen) atoms. The van der Waals surface area contributed by atoms with Crippen molar-refractivity contribution in [2.45, 2.75) is 46.1 Å². The molecule has 0 aromatic heterocycles. The molecule has 0 aliphatic heterocycles. The second-order valence-corrected chi connectivity index (χ2v) is 4.56. The molecule has 92 valence electrons. The van der Waals surface area contributed by atoms with Gasteiger partial charge in [-0.25, -0.2) is 0 Å². The van der Waals surface area contributed by atoms with E-state index in [1.54, 1.807) is 6.92 Å². The number of carbonyl (C=O) groups excluding carboxylic acids is 2. The summed E-state index contributed by atoms with van der Waals surface area (Å²) in [6, 6.07) is 0. The van der Waals surface area contributed by atoms with Gasteiger partial charge in [-0.2, -0.15) is 0 Å². The summed E-state index contributed by atoms with van der Waals surface area (Å²) < 4.78 is 4.68. The number of nitrogens with one attached hydrogen (secondary N) is 2. The lowest BCUT2D eigenvalue weighted by molar-refractivity contribution is -0.141. The van der Waals surface area contributed by atoms with Crippen LogP contribution in [0.2, 0.25) is 0 Å². The molecular weight excluding hydrogens is 208 g/mol. The highest BCUT2D eigenvalue weighted by Gasteiger charge is 2.16. The first-order chi connectivity index (χ1) is 7.24. The monoisotopic (exact) mass is 228 g/mol. The summed E-state index contributed by atoms with van der Waals surface area (Å²) in [7, 11) is 0. The first kappa shape index (κ1) is 14.6. The molecule has 0 aliphatic carbocycles. The highest BCUT2D eigenvalue weighted by molar-refractivity contribution is 6.06. The standard InChI is InChI=1S/C11H20N2O3/c1-5-16-10(15)7-8(12)6-9(14)13-11(2,3)4/h12H,5-7H2,1-4H3,(H,13,14). The van der Waals surface area contributed by atoms with Gasteiger partial charge >= 0.3 is 5.97 Å². The maximum absolute atomic E-state index is 11.4. The van der Waals surface area contributed by atoms with Crippen molar-refractivity contribution in [3.8, 4) is 0 Å². The van der Waals surface area contributed by atoms with E-state index >= 15 is 0 Å². The molecule has 0 aliphatic rings. The molecule has 0 unspecified atom stereocenters. The molecule has 5 nitrogen and oxygen atoms in total. The predicted molar refractivity (Wildman–Crippen MR) is 61.5 cm³/mol. The maximum Gasteiger partial charge on any atom is 0.311 e. The molecule has 0 aromatic rings. The van der Waals surface area contributed by atoms with Crippen LogP contribution in [0, 0.1) is 5.41 Å². The van der Waals surface area contributed by atoms with Gasteiger partial charge in [0.15, 0.2) is 0 Å². The molecular formula is C11H20N2O3. The zero-order chi connectivity index (χ0) is 12.8. The SMILES string of the molecule is CCOC(=O)CC(=N)CC(=O)NC(C)(C)C. The Morgan fingerprint density at radius 1 is 1.25 bits per heavy atom. The van der Waals surface area contributed by atoms with E-state index < -0.39 is 5.97 Å². The molecule has 0 fully saturated rings. The molecule has 0 saturated carbocycles. The summed E-state index contributed by atoms with van der Waals surface area (Å²) in [6.45, 7) is 7.58. The fraction of sp³-hybridized carbons (Fsp3) is 0.727. The van der Waals surface area contributed by atoms with Crippen LogP contribution in [0.25, 0.3) is 0 Å². The second-order valence-electron chi connectivity index (χ2n) is 4.56. The van der Waals surface area contributed by atoms with Crippen molar-refractivity contribution < 1.29 is 14.3 Å². The first-order valence-electron chi connectivity index (χ1n) is 5.27. The number of hydrogen-bond acceptors (Lipinski definition) is 4. The van der Waals surface area contributed by atoms with Crippen LogP contribution >= 0.6 is 0 Å². The maximum atomic E-state index is 11.4. The molecule has 2 N–H and O–H groups in total. The van der Waals surface area contributed by atoms with Gasteiger partial charge in [0.1, 0.15) is 0 Å². The highest BCUT2D eigenvalue weighted by atomic mass is 16.5. The van der Waals surface area contributed by atoms with Crippen molar-refractivity contribution in [3.63, 3.8) is 0 Å². The Balaban J connectivity index is 3.97. The molecule has 5 heteroatoms. The van der Waals surface area contributed by atoms with E-state index in [1.165, 1.54) is 0 Å². The molecule has 1 amide bonds. The number of hydrogen-bond donors (Lipinski definition) is 2. The lowest BCUT2D eigenvalue weighted by Crippen LogP contribution is -2.41. The Morgan fingerprint density at radius 2 is 1.81 bits per heavy atom. The summed E-state index contributed by atoms with van der Waals surface area (Å²) in [4.78, 5) is 22.4. The fourth-order valence-electron chi connectivity index (χ4n) is 1.11. The zero-order valence-corrected chi connectivity index (χ0v) is 10.3. The topological polar surface area (TPSA) is 79.2 Å². The smallest absolute Gasteiger partial charge is 0.311 e.